The molecular weight excluding hydrogens is 274 g/mol. The zero-order valence-electron chi connectivity index (χ0n) is 11.3. The lowest BCUT2D eigenvalue weighted by atomic mass is 10.3. The molecule has 6 N–H and O–H groups in total. The predicted molar refractivity (Wildman–Crippen MR) is 81.6 cm³/mol. The summed E-state index contributed by atoms with van der Waals surface area (Å²) < 4.78 is 5.64. The van der Waals surface area contributed by atoms with Gasteiger partial charge in [0.05, 0.1) is 6.10 Å². The molecule has 0 aliphatic carbocycles. The van der Waals surface area contributed by atoms with E-state index < -0.39 is 0 Å². The lowest BCUT2D eigenvalue weighted by Crippen LogP contribution is -2.06. The Balaban J connectivity index is 2.26. The third-order valence-corrected chi connectivity index (χ3v) is 3.07. The van der Waals surface area contributed by atoms with Crippen molar-refractivity contribution in [1.82, 2.24) is 9.97 Å². The first kappa shape index (κ1) is 14.3. The van der Waals surface area contributed by atoms with Gasteiger partial charge in [0.2, 0.25) is 0 Å². The van der Waals surface area contributed by atoms with Gasteiger partial charge in [0.15, 0.2) is 5.16 Å². The third kappa shape index (κ3) is 3.92. The van der Waals surface area contributed by atoms with Gasteiger partial charge in [-0.3, -0.25) is 0 Å². The molecule has 0 fully saturated rings. The van der Waals surface area contributed by atoms with Crippen molar-refractivity contribution in [3.8, 4) is 5.75 Å². The molecule has 0 aliphatic rings. The molecule has 2 rings (SSSR count). The molecule has 0 radical (unpaired) electrons. The van der Waals surface area contributed by atoms with Crippen molar-refractivity contribution in [2.75, 3.05) is 17.2 Å². The molecule has 7 heteroatoms. The molecule has 6 nitrogen and oxygen atoms in total. The van der Waals surface area contributed by atoms with E-state index in [1.807, 2.05) is 26.0 Å². The second kappa shape index (κ2) is 5.87. The highest BCUT2D eigenvalue weighted by Crippen LogP contribution is 2.31. The summed E-state index contributed by atoms with van der Waals surface area (Å²) in [6.45, 7) is 3.91. The smallest absolute Gasteiger partial charge is 0.196 e. The van der Waals surface area contributed by atoms with Gasteiger partial charge in [-0.25, -0.2) is 9.97 Å². The number of nitrogens with zero attached hydrogens (tertiary/aromatic N) is 2. The number of hydrogen-bond acceptors (Lipinski definition) is 7. The van der Waals surface area contributed by atoms with Crippen LogP contribution in [0, 0.1) is 0 Å². The van der Waals surface area contributed by atoms with Crippen LogP contribution in [0.4, 0.5) is 17.3 Å². The molecule has 2 aromatic rings. The number of hydrogen-bond donors (Lipinski definition) is 3. The molecule has 0 amide bonds. The van der Waals surface area contributed by atoms with Crippen molar-refractivity contribution in [3.05, 3.63) is 24.3 Å². The Labute approximate surface area is 121 Å². The van der Waals surface area contributed by atoms with Gasteiger partial charge in [0, 0.05) is 22.7 Å². The molecule has 106 valence electrons. The quantitative estimate of drug-likeness (QED) is 0.584. The fraction of sp³-hybridized carbons (Fsp3) is 0.231. The normalized spacial score (nSPS) is 10.8. The Kier molecular flexibility index (Phi) is 4.19. The Morgan fingerprint density at radius 1 is 1.00 bits per heavy atom. The maximum atomic E-state index is 5.87. The lowest BCUT2D eigenvalue weighted by Gasteiger charge is -2.11. The van der Waals surface area contributed by atoms with Crippen molar-refractivity contribution in [2.24, 2.45) is 0 Å². The Bertz CT molecular complexity index is 597. The van der Waals surface area contributed by atoms with Crippen LogP contribution in [0.3, 0.4) is 0 Å². The second-order valence-electron chi connectivity index (χ2n) is 4.51. The van der Waals surface area contributed by atoms with Gasteiger partial charge in [0.1, 0.15) is 17.4 Å². The topological polar surface area (TPSA) is 113 Å². The first-order valence-electron chi connectivity index (χ1n) is 6.07. The maximum absolute atomic E-state index is 5.87. The Morgan fingerprint density at radius 3 is 2.25 bits per heavy atom. The number of nitrogen functional groups attached to an aromatic ring is 3. The van der Waals surface area contributed by atoms with Crippen molar-refractivity contribution in [1.29, 1.82) is 0 Å². The molecule has 1 aromatic heterocycles. The minimum absolute atomic E-state index is 0.0777. The summed E-state index contributed by atoms with van der Waals surface area (Å²) >= 11 is 1.33. The van der Waals surface area contributed by atoms with Gasteiger partial charge in [0.25, 0.3) is 0 Å². The largest absolute Gasteiger partial charge is 0.491 e. The SMILES string of the molecule is CC(C)Oc1cc(N)cc(Sc2nc(N)cc(N)n2)c1. The second-order valence-corrected chi connectivity index (χ2v) is 5.55. The first-order chi connectivity index (χ1) is 9.42. The number of benzene rings is 1. The van der Waals surface area contributed by atoms with Gasteiger partial charge in [-0.1, -0.05) is 0 Å². The van der Waals surface area contributed by atoms with E-state index >= 15 is 0 Å². The van der Waals surface area contributed by atoms with E-state index in [2.05, 4.69) is 9.97 Å². The molecular formula is C13H17N5OS. The van der Waals surface area contributed by atoms with Crippen LogP contribution in [0.1, 0.15) is 13.8 Å². The minimum atomic E-state index is 0.0777. The fourth-order valence-electron chi connectivity index (χ4n) is 1.61. The van der Waals surface area contributed by atoms with Gasteiger partial charge in [-0.15, -0.1) is 0 Å². The summed E-state index contributed by atoms with van der Waals surface area (Å²) in [5, 5.41) is 0.476. The third-order valence-electron chi connectivity index (χ3n) is 2.23. The zero-order chi connectivity index (χ0) is 14.7. The highest BCUT2D eigenvalue weighted by molar-refractivity contribution is 7.99. The van der Waals surface area contributed by atoms with E-state index in [1.165, 1.54) is 17.8 Å². The van der Waals surface area contributed by atoms with Gasteiger partial charge < -0.3 is 21.9 Å². The van der Waals surface area contributed by atoms with Crippen LogP contribution in [-0.2, 0) is 0 Å². The van der Waals surface area contributed by atoms with E-state index in [1.54, 1.807) is 6.07 Å². The average molecular weight is 291 g/mol. The van der Waals surface area contributed by atoms with E-state index in [9.17, 15) is 0 Å². The van der Waals surface area contributed by atoms with Gasteiger partial charge >= 0.3 is 0 Å². The van der Waals surface area contributed by atoms with Crippen LogP contribution in [-0.4, -0.2) is 16.1 Å². The molecule has 0 atom stereocenters. The molecule has 0 spiro atoms. The van der Waals surface area contributed by atoms with Crippen molar-refractivity contribution in [3.63, 3.8) is 0 Å². The van der Waals surface area contributed by atoms with Gasteiger partial charge in [-0.05, 0) is 37.7 Å². The highest BCUT2D eigenvalue weighted by Gasteiger charge is 2.07. The van der Waals surface area contributed by atoms with E-state index in [0.717, 1.165) is 4.90 Å². The number of nitrogens with two attached hydrogens (primary N) is 3. The highest BCUT2D eigenvalue weighted by atomic mass is 32.2. The molecule has 1 heterocycles. The number of rotatable bonds is 4. The monoisotopic (exact) mass is 291 g/mol. The van der Waals surface area contributed by atoms with Crippen LogP contribution < -0.4 is 21.9 Å². The van der Waals surface area contributed by atoms with Crippen molar-refractivity contribution < 1.29 is 4.74 Å². The lowest BCUT2D eigenvalue weighted by molar-refractivity contribution is 0.242. The van der Waals surface area contributed by atoms with Crippen molar-refractivity contribution >= 4 is 29.1 Å². The Morgan fingerprint density at radius 2 is 1.65 bits per heavy atom. The zero-order valence-corrected chi connectivity index (χ0v) is 12.1. The van der Waals surface area contributed by atoms with Crippen LogP contribution >= 0.6 is 11.8 Å². The van der Waals surface area contributed by atoms with Crippen molar-refractivity contribution in [2.45, 2.75) is 30.0 Å². The first-order valence-corrected chi connectivity index (χ1v) is 6.89. The number of aromatic nitrogens is 2. The predicted octanol–water partition coefficient (Wildman–Crippen LogP) is 2.16. The van der Waals surface area contributed by atoms with Crippen LogP contribution in [0.15, 0.2) is 34.3 Å². The number of anilines is 3. The summed E-state index contributed by atoms with van der Waals surface area (Å²) in [5.74, 6) is 1.38. The van der Waals surface area contributed by atoms with Crippen LogP contribution in [0.25, 0.3) is 0 Å². The maximum Gasteiger partial charge on any atom is 0.196 e. The standard InChI is InChI=1S/C13H17N5OS/c1-7(2)19-9-3-8(14)4-10(5-9)20-13-17-11(15)6-12(16)18-13/h3-7H,14H2,1-2H3,(H4,15,16,17,18). The fourth-order valence-corrected chi connectivity index (χ4v) is 2.49. The van der Waals surface area contributed by atoms with E-state index in [-0.39, 0.29) is 6.10 Å². The van der Waals surface area contributed by atoms with Gasteiger partial charge in [-0.2, -0.15) is 0 Å². The molecule has 0 unspecified atom stereocenters. The molecule has 0 bridgehead atoms. The summed E-state index contributed by atoms with van der Waals surface area (Å²) in [6, 6.07) is 6.99. The summed E-state index contributed by atoms with van der Waals surface area (Å²) in [5.41, 5.74) is 17.8. The Hall–Kier alpha value is -2.15. The molecule has 0 saturated heterocycles. The molecule has 0 saturated carbocycles. The van der Waals surface area contributed by atoms with E-state index in [0.29, 0.717) is 28.2 Å². The molecule has 1 aromatic carbocycles. The van der Waals surface area contributed by atoms with E-state index in [4.69, 9.17) is 21.9 Å². The average Bonchev–Trinajstić information content (AvgIpc) is 2.24. The molecule has 20 heavy (non-hydrogen) atoms. The summed E-state index contributed by atoms with van der Waals surface area (Å²) in [7, 11) is 0. The van der Waals surface area contributed by atoms with Crippen LogP contribution in [0.2, 0.25) is 0 Å². The number of ether oxygens (including phenoxy) is 1. The van der Waals surface area contributed by atoms with Crippen LogP contribution in [0.5, 0.6) is 5.75 Å². The molecule has 0 aliphatic heterocycles. The summed E-state index contributed by atoms with van der Waals surface area (Å²) in [4.78, 5) is 9.10. The summed E-state index contributed by atoms with van der Waals surface area (Å²) in [6.07, 6.45) is 0.0777. The minimum Gasteiger partial charge on any atom is -0.491 e.